The lowest BCUT2D eigenvalue weighted by atomic mass is 10.1. The molecule has 0 saturated heterocycles. The maximum absolute atomic E-state index is 13.2. The number of amides is 2. The van der Waals surface area contributed by atoms with E-state index in [1.165, 1.54) is 31.3 Å². The lowest BCUT2D eigenvalue weighted by Gasteiger charge is -2.26. The second-order valence-electron chi connectivity index (χ2n) is 8.95. The van der Waals surface area contributed by atoms with E-state index in [0.717, 1.165) is 18.2 Å². The van der Waals surface area contributed by atoms with Crippen LogP contribution in [0.3, 0.4) is 0 Å². The van der Waals surface area contributed by atoms with Gasteiger partial charge in [-0.3, -0.25) is 0 Å². The molecule has 0 heterocycles. The molecule has 0 atom stereocenters. The van der Waals surface area contributed by atoms with Crippen molar-refractivity contribution < 1.29 is 40.0 Å². The summed E-state index contributed by atoms with van der Waals surface area (Å²) < 4.78 is 80.8. The van der Waals surface area contributed by atoms with E-state index in [1.807, 2.05) is 13.8 Å². The van der Waals surface area contributed by atoms with Crippen LogP contribution in [0.4, 0.5) is 23.7 Å². The number of methoxy groups -OCH3 is 2. The van der Waals surface area contributed by atoms with Crippen LogP contribution >= 0.6 is 0 Å². The van der Waals surface area contributed by atoms with E-state index < -0.39 is 32.8 Å². The van der Waals surface area contributed by atoms with Crippen molar-refractivity contribution >= 4 is 21.8 Å². The number of carbonyl (C=O) groups is 1. The summed E-state index contributed by atoms with van der Waals surface area (Å²) >= 11 is 0. The lowest BCUT2D eigenvalue weighted by molar-refractivity contribution is -0.137. The average Bonchev–Trinajstić information content (AvgIpc) is 2.88. The second kappa shape index (κ2) is 12.3. The number of alkyl halides is 3. The normalized spacial score (nSPS) is 11.7. The molecular formula is C27H29F3N2O6S. The Morgan fingerprint density at radius 2 is 1.62 bits per heavy atom. The molecular weight excluding hydrogens is 537 g/mol. The Hall–Kier alpha value is -3.93. The van der Waals surface area contributed by atoms with Gasteiger partial charge in [0.25, 0.3) is 0 Å². The zero-order valence-electron chi connectivity index (χ0n) is 21.8. The maximum Gasteiger partial charge on any atom is 0.416 e. The fourth-order valence-electron chi connectivity index (χ4n) is 3.70. The van der Waals surface area contributed by atoms with Crippen molar-refractivity contribution in [1.29, 1.82) is 0 Å². The summed E-state index contributed by atoms with van der Waals surface area (Å²) in [4.78, 5) is 14.0. The molecule has 3 rings (SSSR count). The maximum atomic E-state index is 13.2. The van der Waals surface area contributed by atoms with Crippen LogP contribution < -0.4 is 19.0 Å². The summed E-state index contributed by atoms with van der Waals surface area (Å²) in [5.41, 5.74) is -0.149. The average molecular weight is 567 g/mol. The number of benzene rings is 3. The third-order valence-corrected chi connectivity index (χ3v) is 6.70. The van der Waals surface area contributed by atoms with Crippen molar-refractivity contribution in [2.75, 3.05) is 26.1 Å². The summed E-state index contributed by atoms with van der Waals surface area (Å²) in [6.07, 6.45) is -4.73. The van der Waals surface area contributed by atoms with Gasteiger partial charge in [0.1, 0.15) is 10.6 Å². The first-order valence-electron chi connectivity index (χ1n) is 11.8. The molecule has 12 heteroatoms. The number of para-hydroxylation sites is 2. The highest BCUT2D eigenvalue weighted by atomic mass is 32.2. The fraction of sp³-hybridized carbons (Fsp3) is 0.296. The minimum Gasteiger partial charge on any atom is -0.495 e. The zero-order valence-corrected chi connectivity index (χ0v) is 22.6. The van der Waals surface area contributed by atoms with Crippen molar-refractivity contribution in [1.82, 2.24) is 4.90 Å². The van der Waals surface area contributed by atoms with Crippen LogP contribution in [0.25, 0.3) is 0 Å². The molecule has 0 aliphatic heterocycles. The molecule has 0 unspecified atom stereocenters. The number of rotatable bonds is 10. The summed E-state index contributed by atoms with van der Waals surface area (Å²) in [5, 5.41) is 2.82. The Morgan fingerprint density at radius 3 is 2.26 bits per heavy atom. The van der Waals surface area contributed by atoms with Gasteiger partial charge in [0.15, 0.2) is 11.5 Å². The number of nitrogens with zero attached hydrogens (tertiary/aromatic N) is 1. The quantitative estimate of drug-likeness (QED) is 0.295. The summed E-state index contributed by atoms with van der Waals surface area (Å²) in [7, 11) is -1.86. The monoisotopic (exact) mass is 566 g/mol. The van der Waals surface area contributed by atoms with E-state index in [2.05, 4.69) is 5.32 Å². The van der Waals surface area contributed by atoms with E-state index >= 15 is 0 Å². The largest absolute Gasteiger partial charge is 0.495 e. The number of halogens is 3. The van der Waals surface area contributed by atoms with E-state index in [-0.39, 0.29) is 24.0 Å². The van der Waals surface area contributed by atoms with Gasteiger partial charge in [0.2, 0.25) is 0 Å². The molecule has 8 nitrogen and oxygen atoms in total. The van der Waals surface area contributed by atoms with Gasteiger partial charge < -0.3 is 23.9 Å². The molecule has 0 saturated carbocycles. The number of urea groups is 1. The van der Waals surface area contributed by atoms with Crippen LogP contribution in [0.5, 0.6) is 17.2 Å². The molecule has 210 valence electrons. The Morgan fingerprint density at radius 1 is 0.923 bits per heavy atom. The minimum atomic E-state index is -4.73. The first-order chi connectivity index (χ1) is 18.3. The van der Waals surface area contributed by atoms with Crippen LogP contribution in [-0.2, 0) is 22.8 Å². The standard InChI is InChI=1S/C27H29F3N2O6S/c1-18(2)16-32(26(33)31-22-10-5-6-11-23(22)36-3)17-19-12-13-24(37-4)25(14-19)38-39(34,35)21-9-7-8-20(15-21)27(28,29)30/h5-15,18H,16-17H2,1-4H3,(H,31,33). The number of carbonyl (C=O) groups excluding carboxylic acids is 1. The lowest BCUT2D eigenvalue weighted by Crippen LogP contribution is -2.37. The van der Waals surface area contributed by atoms with Gasteiger partial charge in [-0.15, -0.1) is 0 Å². The van der Waals surface area contributed by atoms with Gasteiger partial charge in [0.05, 0.1) is 25.5 Å². The number of hydrogen-bond acceptors (Lipinski definition) is 6. The van der Waals surface area contributed by atoms with Gasteiger partial charge >= 0.3 is 22.3 Å². The van der Waals surface area contributed by atoms with E-state index in [1.54, 1.807) is 30.3 Å². The third-order valence-electron chi connectivity index (χ3n) is 5.47. The predicted octanol–water partition coefficient (Wildman–Crippen LogP) is 6.18. The molecule has 0 fully saturated rings. The highest BCUT2D eigenvalue weighted by Gasteiger charge is 2.32. The zero-order chi connectivity index (χ0) is 28.8. The second-order valence-corrected chi connectivity index (χ2v) is 10.5. The number of nitrogens with one attached hydrogen (secondary N) is 1. The first-order valence-corrected chi connectivity index (χ1v) is 13.2. The minimum absolute atomic E-state index is 0.0446. The van der Waals surface area contributed by atoms with Gasteiger partial charge in [-0.1, -0.05) is 38.1 Å². The van der Waals surface area contributed by atoms with E-state index in [9.17, 15) is 26.4 Å². The molecule has 0 aromatic heterocycles. The molecule has 3 aromatic rings. The van der Waals surface area contributed by atoms with Crippen LogP contribution in [0.1, 0.15) is 25.0 Å². The number of ether oxygens (including phenoxy) is 2. The van der Waals surface area contributed by atoms with Crippen molar-refractivity contribution in [2.24, 2.45) is 5.92 Å². The van der Waals surface area contributed by atoms with Gasteiger partial charge in [0, 0.05) is 13.1 Å². The SMILES string of the molecule is COc1ccccc1NC(=O)N(Cc1ccc(OC)c(OS(=O)(=O)c2cccc(C(F)(F)F)c2)c1)CC(C)C. The molecule has 0 spiro atoms. The number of hydrogen-bond donors (Lipinski definition) is 1. The van der Waals surface area contributed by atoms with Crippen molar-refractivity contribution in [3.05, 3.63) is 77.9 Å². The molecule has 3 aromatic carbocycles. The highest BCUT2D eigenvalue weighted by molar-refractivity contribution is 7.87. The molecule has 0 radical (unpaired) electrons. The molecule has 39 heavy (non-hydrogen) atoms. The summed E-state index contributed by atoms with van der Waals surface area (Å²) in [6, 6.07) is 14.2. The smallest absolute Gasteiger partial charge is 0.416 e. The van der Waals surface area contributed by atoms with Crippen molar-refractivity contribution in [3.8, 4) is 17.2 Å². The molecule has 0 bridgehead atoms. The van der Waals surface area contributed by atoms with Crippen molar-refractivity contribution in [2.45, 2.75) is 31.5 Å². The highest BCUT2D eigenvalue weighted by Crippen LogP contribution is 2.34. The molecule has 0 aliphatic rings. The Kier molecular flexibility index (Phi) is 9.33. The summed E-state index contributed by atoms with van der Waals surface area (Å²) in [5.74, 6) is 0.393. The van der Waals surface area contributed by atoms with Gasteiger partial charge in [-0.25, -0.2) is 4.79 Å². The van der Waals surface area contributed by atoms with Crippen LogP contribution in [0.15, 0.2) is 71.6 Å². The molecule has 0 aliphatic carbocycles. The third kappa shape index (κ3) is 7.79. The van der Waals surface area contributed by atoms with Crippen LogP contribution in [0.2, 0.25) is 0 Å². The van der Waals surface area contributed by atoms with E-state index in [4.69, 9.17) is 13.7 Å². The van der Waals surface area contributed by atoms with Gasteiger partial charge in [-0.2, -0.15) is 21.6 Å². The van der Waals surface area contributed by atoms with Crippen LogP contribution in [-0.4, -0.2) is 40.1 Å². The van der Waals surface area contributed by atoms with Crippen LogP contribution in [0, 0.1) is 5.92 Å². The van der Waals surface area contributed by atoms with Crippen molar-refractivity contribution in [3.63, 3.8) is 0 Å². The number of anilines is 1. The van der Waals surface area contributed by atoms with E-state index in [0.29, 0.717) is 29.6 Å². The van der Waals surface area contributed by atoms with Gasteiger partial charge in [-0.05, 0) is 53.9 Å². The molecule has 1 N–H and O–H groups in total. The topological polar surface area (TPSA) is 94.2 Å². The predicted molar refractivity (Wildman–Crippen MR) is 140 cm³/mol. The Balaban J connectivity index is 1.89. The Bertz CT molecular complexity index is 1410. The fourth-order valence-corrected chi connectivity index (χ4v) is 4.68. The Labute approximate surface area is 225 Å². The summed E-state index contributed by atoms with van der Waals surface area (Å²) in [6.45, 7) is 4.32. The first kappa shape index (κ1) is 29.6. The molecule has 2 amide bonds.